The van der Waals surface area contributed by atoms with Gasteiger partial charge in [0.2, 0.25) is 0 Å². The number of rotatable bonds is 5. The number of hydrogen-bond acceptors (Lipinski definition) is 5. The molecule has 0 bridgehead atoms. The Morgan fingerprint density at radius 2 is 1.96 bits per heavy atom. The molecular formula is C17H14Br2N2O4. The van der Waals surface area contributed by atoms with Crippen LogP contribution in [0.2, 0.25) is 0 Å². The largest absolute Gasteiger partial charge is 0.493 e. The molecule has 0 atom stereocenters. The highest BCUT2D eigenvalue weighted by Crippen LogP contribution is 2.36. The number of ether oxygens (including phenoxy) is 2. The SMILES string of the molecule is COc1cc(/C=N\NC(=O)c2cccc(Br)c2)cc(Br)c1OC(C)=O. The maximum absolute atomic E-state index is 12.0. The number of nitrogens with zero attached hydrogens (tertiary/aromatic N) is 1. The summed E-state index contributed by atoms with van der Waals surface area (Å²) in [6.07, 6.45) is 1.46. The van der Waals surface area contributed by atoms with Crippen LogP contribution in [0.15, 0.2) is 50.4 Å². The fraction of sp³-hybridized carbons (Fsp3) is 0.118. The molecule has 0 aromatic heterocycles. The van der Waals surface area contributed by atoms with Gasteiger partial charge in [-0.05, 0) is 51.8 Å². The Morgan fingerprint density at radius 3 is 2.60 bits per heavy atom. The molecule has 0 aliphatic heterocycles. The molecule has 2 rings (SSSR count). The van der Waals surface area contributed by atoms with Crippen LogP contribution < -0.4 is 14.9 Å². The average Bonchev–Trinajstić information content (AvgIpc) is 2.56. The molecule has 0 saturated heterocycles. The zero-order valence-electron chi connectivity index (χ0n) is 13.4. The lowest BCUT2D eigenvalue weighted by Crippen LogP contribution is -2.17. The van der Waals surface area contributed by atoms with Crippen LogP contribution in [0.4, 0.5) is 0 Å². The van der Waals surface area contributed by atoms with E-state index in [9.17, 15) is 9.59 Å². The van der Waals surface area contributed by atoms with Crippen molar-refractivity contribution in [3.05, 3.63) is 56.5 Å². The van der Waals surface area contributed by atoms with Gasteiger partial charge in [-0.15, -0.1) is 0 Å². The molecule has 2 aromatic rings. The molecule has 0 aliphatic rings. The zero-order valence-corrected chi connectivity index (χ0v) is 16.5. The Kier molecular flexibility index (Phi) is 6.72. The smallest absolute Gasteiger partial charge is 0.308 e. The number of hydrogen-bond donors (Lipinski definition) is 1. The molecule has 1 amide bonds. The van der Waals surface area contributed by atoms with Crippen LogP contribution in [0.5, 0.6) is 11.5 Å². The van der Waals surface area contributed by atoms with E-state index in [4.69, 9.17) is 9.47 Å². The number of halogens is 2. The van der Waals surface area contributed by atoms with Crippen molar-refractivity contribution in [1.82, 2.24) is 5.43 Å². The van der Waals surface area contributed by atoms with Gasteiger partial charge in [-0.1, -0.05) is 22.0 Å². The molecule has 0 radical (unpaired) electrons. The summed E-state index contributed by atoms with van der Waals surface area (Å²) in [5.41, 5.74) is 3.58. The average molecular weight is 470 g/mol. The number of benzene rings is 2. The lowest BCUT2D eigenvalue weighted by Gasteiger charge is -2.10. The lowest BCUT2D eigenvalue weighted by atomic mass is 10.2. The third-order valence-corrected chi connectivity index (χ3v) is 4.05. The summed E-state index contributed by atoms with van der Waals surface area (Å²) in [6.45, 7) is 1.30. The standard InChI is InChI=1S/C17H14Br2N2O4/c1-10(22)25-16-14(19)6-11(7-15(16)24-2)9-20-21-17(23)12-4-3-5-13(18)8-12/h3-9H,1-2H3,(H,21,23)/b20-9-. The first-order chi connectivity index (χ1) is 11.9. The van der Waals surface area contributed by atoms with E-state index in [0.29, 0.717) is 21.3 Å². The van der Waals surface area contributed by atoms with Crippen molar-refractivity contribution in [3.8, 4) is 11.5 Å². The van der Waals surface area contributed by atoms with E-state index in [2.05, 4.69) is 42.4 Å². The van der Waals surface area contributed by atoms with E-state index in [-0.39, 0.29) is 11.7 Å². The van der Waals surface area contributed by atoms with Gasteiger partial charge in [0.05, 0.1) is 17.8 Å². The van der Waals surface area contributed by atoms with Crippen molar-refractivity contribution >= 4 is 50.0 Å². The van der Waals surface area contributed by atoms with Crippen molar-refractivity contribution in [3.63, 3.8) is 0 Å². The molecule has 25 heavy (non-hydrogen) atoms. The number of methoxy groups -OCH3 is 1. The van der Waals surface area contributed by atoms with Crippen LogP contribution >= 0.6 is 31.9 Å². The summed E-state index contributed by atoms with van der Waals surface area (Å²) in [6, 6.07) is 10.3. The molecule has 0 saturated carbocycles. The predicted octanol–water partition coefficient (Wildman–Crippen LogP) is 3.91. The summed E-state index contributed by atoms with van der Waals surface area (Å²) in [4.78, 5) is 23.2. The maximum atomic E-state index is 12.0. The minimum absolute atomic E-state index is 0.283. The van der Waals surface area contributed by atoms with Crippen LogP contribution in [0.3, 0.4) is 0 Å². The molecule has 130 valence electrons. The second-order valence-electron chi connectivity index (χ2n) is 4.84. The Bertz CT molecular complexity index is 837. The van der Waals surface area contributed by atoms with Gasteiger partial charge < -0.3 is 9.47 Å². The van der Waals surface area contributed by atoms with Gasteiger partial charge in [0.1, 0.15) is 0 Å². The van der Waals surface area contributed by atoms with Gasteiger partial charge in [-0.25, -0.2) is 5.43 Å². The Labute approximate surface area is 161 Å². The maximum Gasteiger partial charge on any atom is 0.308 e. The van der Waals surface area contributed by atoms with Gasteiger partial charge in [0.15, 0.2) is 11.5 Å². The third-order valence-electron chi connectivity index (χ3n) is 2.96. The van der Waals surface area contributed by atoms with Crippen molar-refractivity contribution in [2.24, 2.45) is 5.10 Å². The molecule has 0 spiro atoms. The van der Waals surface area contributed by atoms with Gasteiger partial charge >= 0.3 is 5.97 Å². The van der Waals surface area contributed by atoms with E-state index < -0.39 is 5.97 Å². The Balaban J connectivity index is 2.14. The molecule has 0 unspecified atom stereocenters. The van der Waals surface area contributed by atoms with Crippen molar-refractivity contribution < 1.29 is 19.1 Å². The second kappa shape index (κ2) is 8.77. The van der Waals surface area contributed by atoms with E-state index >= 15 is 0 Å². The van der Waals surface area contributed by atoms with Crippen LogP contribution in [-0.2, 0) is 4.79 Å². The molecular weight excluding hydrogens is 456 g/mol. The van der Waals surface area contributed by atoms with Crippen molar-refractivity contribution in [2.75, 3.05) is 7.11 Å². The second-order valence-corrected chi connectivity index (χ2v) is 6.61. The third kappa shape index (κ3) is 5.40. The first-order valence-electron chi connectivity index (χ1n) is 7.05. The summed E-state index contributed by atoms with van der Waals surface area (Å²) in [5.74, 6) is -0.142. The first kappa shape index (κ1) is 19.1. The van der Waals surface area contributed by atoms with E-state index in [1.807, 2.05) is 6.07 Å². The fourth-order valence-corrected chi connectivity index (χ4v) is 2.86. The van der Waals surface area contributed by atoms with Gasteiger partial charge in [-0.3, -0.25) is 9.59 Å². The zero-order chi connectivity index (χ0) is 18.4. The molecule has 0 fully saturated rings. The topological polar surface area (TPSA) is 77.0 Å². The number of carbonyl (C=O) groups excluding carboxylic acids is 2. The number of esters is 1. The van der Waals surface area contributed by atoms with Crippen LogP contribution in [-0.4, -0.2) is 25.2 Å². The highest BCUT2D eigenvalue weighted by atomic mass is 79.9. The van der Waals surface area contributed by atoms with Gasteiger partial charge in [0.25, 0.3) is 5.91 Å². The van der Waals surface area contributed by atoms with Gasteiger partial charge in [-0.2, -0.15) is 5.10 Å². The number of amides is 1. The van der Waals surface area contributed by atoms with Crippen LogP contribution in [0, 0.1) is 0 Å². The van der Waals surface area contributed by atoms with Crippen molar-refractivity contribution in [1.29, 1.82) is 0 Å². The Morgan fingerprint density at radius 1 is 1.20 bits per heavy atom. The molecule has 0 aliphatic carbocycles. The fourth-order valence-electron chi connectivity index (χ4n) is 1.92. The molecule has 2 aromatic carbocycles. The normalized spacial score (nSPS) is 10.6. The highest BCUT2D eigenvalue weighted by molar-refractivity contribution is 9.10. The van der Waals surface area contributed by atoms with E-state index in [1.54, 1.807) is 30.3 Å². The quantitative estimate of drug-likeness (QED) is 0.311. The lowest BCUT2D eigenvalue weighted by molar-refractivity contribution is -0.132. The summed E-state index contributed by atoms with van der Waals surface area (Å²) >= 11 is 6.63. The van der Waals surface area contributed by atoms with E-state index in [1.165, 1.54) is 20.2 Å². The van der Waals surface area contributed by atoms with Crippen LogP contribution in [0.1, 0.15) is 22.8 Å². The molecule has 6 nitrogen and oxygen atoms in total. The van der Waals surface area contributed by atoms with E-state index in [0.717, 1.165) is 4.47 Å². The summed E-state index contributed by atoms with van der Waals surface area (Å²) in [5, 5.41) is 3.93. The summed E-state index contributed by atoms with van der Waals surface area (Å²) < 4.78 is 11.7. The number of hydrazone groups is 1. The first-order valence-corrected chi connectivity index (χ1v) is 8.64. The minimum atomic E-state index is -0.457. The molecule has 1 N–H and O–H groups in total. The molecule has 0 heterocycles. The number of carbonyl (C=O) groups is 2. The van der Waals surface area contributed by atoms with Crippen LogP contribution in [0.25, 0.3) is 0 Å². The Hall–Kier alpha value is -2.19. The number of nitrogens with one attached hydrogen (secondary N) is 1. The monoisotopic (exact) mass is 468 g/mol. The molecule has 8 heteroatoms. The highest BCUT2D eigenvalue weighted by Gasteiger charge is 2.13. The van der Waals surface area contributed by atoms with Crippen molar-refractivity contribution in [2.45, 2.75) is 6.92 Å². The van der Waals surface area contributed by atoms with Gasteiger partial charge in [0, 0.05) is 17.0 Å². The minimum Gasteiger partial charge on any atom is -0.493 e. The predicted molar refractivity (Wildman–Crippen MR) is 101 cm³/mol. The summed E-state index contributed by atoms with van der Waals surface area (Å²) in [7, 11) is 1.46.